The molecule has 0 unspecified atom stereocenters. The number of rotatable bonds is 5. The number of ether oxygens (including phenoxy) is 1. The van der Waals surface area contributed by atoms with Crippen LogP contribution in [0.2, 0.25) is 0 Å². The van der Waals surface area contributed by atoms with Gasteiger partial charge in [-0.3, -0.25) is 4.79 Å². The van der Waals surface area contributed by atoms with Gasteiger partial charge in [-0.1, -0.05) is 0 Å². The summed E-state index contributed by atoms with van der Waals surface area (Å²) in [4.78, 5) is 25.9. The number of thiophene rings is 1. The van der Waals surface area contributed by atoms with E-state index in [0.717, 1.165) is 29.7 Å². The minimum Gasteiger partial charge on any atom is -0.462 e. The maximum absolute atomic E-state index is 12.5. The van der Waals surface area contributed by atoms with Crippen LogP contribution in [-0.4, -0.2) is 24.0 Å². The predicted molar refractivity (Wildman–Crippen MR) is 98.6 cm³/mol. The number of thioether (sulfide) groups is 1. The second kappa shape index (κ2) is 7.93. The van der Waals surface area contributed by atoms with Crippen LogP contribution in [0, 0.1) is 0 Å². The number of anilines is 1. The third-order valence-electron chi connectivity index (χ3n) is 3.98. The summed E-state index contributed by atoms with van der Waals surface area (Å²) >= 11 is 1.11. The van der Waals surface area contributed by atoms with Gasteiger partial charge in [0.2, 0.25) is 0 Å². The zero-order valence-electron chi connectivity index (χ0n) is 14.3. The average Bonchev–Trinajstić information content (AvgIpc) is 3.14. The van der Waals surface area contributed by atoms with Crippen LogP contribution in [0.15, 0.2) is 29.2 Å². The molecule has 0 bridgehead atoms. The number of carbonyl (C=O) groups is 2. The van der Waals surface area contributed by atoms with Crippen molar-refractivity contribution < 1.29 is 27.5 Å². The molecule has 27 heavy (non-hydrogen) atoms. The largest absolute Gasteiger partial charge is 0.462 e. The van der Waals surface area contributed by atoms with Gasteiger partial charge in [0.15, 0.2) is 0 Å². The first-order valence-corrected chi connectivity index (χ1v) is 9.90. The third kappa shape index (κ3) is 4.65. The quantitative estimate of drug-likeness (QED) is 0.533. The summed E-state index contributed by atoms with van der Waals surface area (Å²) in [5, 5.41) is 3.14. The minimum atomic E-state index is -4.38. The molecular formula is C18H16F3NO3S2. The van der Waals surface area contributed by atoms with E-state index < -0.39 is 17.4 Å². The van der Waals surface area contributed by atoms with E-state index in [9.17, 15) is 22.8 Å². The molecule has 1 heterocycles. The van der Waals surface area contributed by atoms with E-state index in [2.05, 4.69) is 5.32 Å². The summed E-state index contributed by atoms with van der Waals surface area (Å²) in [7, 11) is 0. The SMILES string of the molecule is CCOC(=O)c1c(NC(=O)c2ccc(SC(F)(F)F)cc2)sc2c1CCC2. The summed E-state index contributed by atoms with van der Waals surface area (Å²) in [6.45, 7) is 1.94. The molecule has 1 aromatic carbocycles. The fourth-order valence-electron chi connectivity index (χ4n) is 2.89. The topological polar surface area (TPSA) is 55.4 Å². The first-order valence-electron chi connectivity index (χ1n) is 8.27. The van der Waals surface area contributed by atoms with Crippen molar-refractivity contribution in [3.05, 3.63) is 45.8 Å². The van der Waals surface area contributed by atoms with Gasteiger partial charge in [-0.25, -0.2) is 4.79 Å². The zero-order valence-corrected chi connectivity index (χ0v) is 15.9. The predicted octanol–water partition coefficient (Wildman–Crippen LogP) is 5.28. The lowest BCUT2D eigenvalue weighted by Crippen LogP contribution is -2.15. The van der Waals surface area contributed by atoms with Crippen molar-refractivity contribution in [2.75, 3.05) is 11.9 Å². The molecule has 0 spiro atoms. The lowest BCUT2D eigenvalue weighted by Gasteiger charge is -2.09. The lowest BCUT2D eigenvalue weighted by atomic mass is 10.1. The van der Waals surface area contributed by atoms with Crippen molar-refractivity contribution in [2.24, 2.45) is 0 Å². The molecule has 4 nitrogen and oxygen atoms in total. The first-order chi connectivity index (χ1) is 12.8. The number of alkyl halides is 3. The Bertz CT molecular complexity index is 860. The molecule has 1 aromatic heterocycles. The molecular weight excluding hydrogens is 399 g/mol. The standard InChI is InChI=1S/C18H16F3NO3S2/c1-2-25-17(24)14-12-4-3-5-13(12)26-16(14)22-15(23)10-6-8-11(9-7-10)27-18(19,20)21/h6-9H,2-5H2,1H3,(H,22,23). The van der Waals surface area contributed by atoms with E-state index >= 15 is 0 Å². The molecule has 144 valence electrons. The molecule has 3 rings (SSSR count). The van der Waals surface area contributed by atoms with Gasteiger partial charge in [-0.2, -0.15) is 13.2 Å². The summed E-state index contributed by atoms with van der Waals surface area (Å²) in [6, 6.07) is 5.14. The van der Waals surface area contributed by atoms with Crippen LogP contribution in [-0.2, 0) is 17.6 Å². The maximum atomic E-state index is 12.5. The number of hydrogen-bond acceptors (Lipinski definition) is 5. The van der Waals surface area contributed by atoms with Crippen LogP contribution in [0.25, 0.3) is 0 Å². The van der Waals surface area contributed by atoms with Crippen molar-refractivity contribution in [1.82, 2.24) is 0 Å². The molecule has 0 atom stereocenters. The monoisotopic (exact) mass is 415 g/mol. The number of benzene rings is 1. The van der Waals surface area contributed by atoms with Crippen molar-refractivity contribution in [1.29, 1.82) is 0 Å². The van der Waals surface area contributed by atoms with Gasteiger partial charge in [0.1, 0.15) is 5.00 Å². The molecule has 0 aliphatic heterocycles. The van der Waals surface area contributed by atoms with E-state index in [4.69, 9.17) is 4.74 Å². The molecule has 2 aromatic rings. The van der Waals surface area contributed by atoms with E-state index in [1.807, 2.05) is 0 Å². The molecule has 9 heteroatoms. The van der Waals surface area contributed by atoms with Gasteiger partial charge < -0.3 is 10.1 Å². The number of fused-ring (bicyclic) bond motifs is 1. The molecule has 0 radical (unpaired) electrons. The Balaban J connectivity index is 1.79. The highest BCUT2D eigenvalue weighted by molar-refractivity contribution is 8.00. The van der Waals surface area contributed by atoms with Crippen LogP contribution in [0.5, 0.6) is 0 Å². The Morgan fingerprint density at radius 2 is 1.93 bits per heavy atom. The normalized spacial score (nSPS) is 13.3. The highest BCUT2D eigenvalue weighted by atomic mass is 32.2. The second-order valence-corrected chi connectivity index (χ2v) is 8.05. The van der Waals surface area contributed by atoms with Crippen LogP contribution >= 0.6 is 23.1 Å². The van der Waals surface area contributed by atoms with E-state index in [1.165, 1.54) is 35.6 Å². The number of aryl methyl sites for hydroxylation is 1. The van der Waals surface area contributed by atoms with Crippen LogP contribution in [0.3, 0.4) is 0 Å². The number of halogens is 3. The number of carbonyl (C=O) groups excluding carboxylic acids is 2. The number of hydrogen-bond donors (Lipinski definition) is 1. The van der Waals surface area contributed by atoms with Crippen molar-refractivity contribution >= 4 is 40.0 Å². The highest BCUT2D eigenvalue weighted by Gasteiger charge is 2.30. The minimum absolute atomic E-state index is 0.00126. The Labute approximate surface area is 162 Å². The van der Waals surface area contributed by atoms with Gasteiger partial charge in [-0.15, -0.1) is 11.3 Å². The van der Waals surface area contributed by atoms with Crippen molar-refractivity contribution in [2.45, 2.75) is 36.6 Å². The third-order valence-corrected chi connectivity index (χ3v) is 5.92. The first kappa shape index (κ1) is 19.8. The molecule has 1 amide bonds. The van der Waals surface area contributed by atoms with E-state index in [-0.39, 0.29) is 28.8 Å². The van der Waals surface area contributed by atoms with Gasteiger partial charge in [0, 0.05) is 15.3 Å². The van der Waals surface area contributed by atoms with Crippen molar-refractivity contribution in [3.63, 3.8) is 0 Å². The second-order valence-electron chi connectivity index (χ2n) is 5.81. The van der Waals surface area contributed by atoms with Crippen LogP contribution in [0.4, 0.5) is 18.2 Å². The summed E-state index contributed by atoms with van der Waals surface area (Å²) in [5.41, 5.74) is -2.85. The van der Waals surface area contributed by atoms with Gasteiger partial charge in [0.05, 0.1) is 12.2 Å². The summed E-state index contributed by atoms with van der Waals surface area (Å²) in [6.07, 6.45) is 2.57. The van der Waals surface area contributed by atoms with Crippen LogP contribution in [0.1, 0.15) is 44.5 Å². The Kier molecular flexibility index (Phi) is 5.81. The Morgan fingerprint density at radius 3 is 2.56 bits per heavy atom. The summed E-state index contributed by atoms with van der Waals surface area (Å²) in [5.74, 6) is -0.951. The van der Waals surface area contributed by atoms with Gasteiger partial charge in [0.25, 0.3) is 5.91 Å². The maximum Gasteiger partial charge on any atom is 0.446 e. The van der Waals surface area contributed by atoms with E-state index in [0.29, 0.717) is 10.6 Å². The van der Waals surface area contributed by atoms with E-state index in [1.54, 1.807) is 6.92 Å². The number of esters is 1. The van der Waals surface area contributed by atoms with Gasteiger partial charge >= 0.3 is 11.5 Å². The number of amides is 1. The molecule has 0 saturated heterocycles. The number of nitrogens with one attached hydrogen (secondary N) is 1. The van der Waals surface area contributed by atoms with Gasteiger partial charge in [-0.05, 0) is 67.8 Å². The molecule has 1 N–H and O–H groups in total. The molecule has 1 aliphatic carbocycles. The summed E-state index contributed by atoms with van der Waals surface area (Å²) < 4.78 is 42.3. The lowest BCUT2D eigenvalue weighted by molar-refractivity contribution is -0.0328. The highest BCUT2D eigenvalue weighted by Crippen LogP contribution is 2.40. The smallest absolute Gasteiger partial charge is 0.446 e. The fourth-order valence-corrected chi connectivity index (χ4v) is 4.71. The zero-order chi connectivity index (χ0) is 19.6. The Morgan fingerprint density at radius 1 is 1.22 bits per heavy atom. The fraction of sp³-hybridized carbons (Fsp3) is 0.333. The molecule has 0 fully saturated rings. The average molecular weight is 415 g/mol. The molecule has 1 aliphatic rings. The van der Waals surface area contributed by atoms with Crippen molar-refractivity contribution in [3.8, 4) is 0 Å². The Hall–Kier alpha value is -2.00. The van der Waals surface area contributed by atoms with Crippen LogP contribution < -0.4 is 5.32 Å². The molecule has 0 saturated carbocycles.